The number of rotatable bonds is 9. The summed E-state index contributed by atoms with van der Waals surface area (Å²) in [6.07, 6.45) is 0.878. The normalized spacial score (nSPS) is 11.0. The Labute approximate surface area is 121 Å². The van der Waals surface area contributed by atoms with Crippen LogP contribution in [0.15, 0.2) is 11.1 Å². The van der Waals surface area contributed by atoms with Crippen LogP contribution in [0.25, 0.3) is 0 Å². The van der Waals surface area contributed by atoms with E-state index in [-0.39, 0.29) is 0 Å². The Bertz CT molecular complexity index is 366. The topological polar surface area (TPSA) is 41.0 Å². The molecule has 108 valence electrons. The summed E-state index contributed by atoms with van der Waals surface area (Å²) in [5.41, 5.74) is 0. The highest BCUT2D eigenvalue weighted by Gasteiger charge is 2.05. The van der Waals surface area contributed by atoms with E-state index >= 15 is 0 Å². The summed E-state index contributed by atoms with van der Waals surface area (Å²) in [5.74, 6) is 2.94. The fourth-order valence-electron chi connectivity index (χ4n) is 1.80. The molecule has 0 atom stereocenters. The Morgan fingerprint density at radius 3 is 2.47 bits per heavy atom. The van der Waals surface area contributed by atoms with E-state index < -0.39 is 0 Å². The molecule has 0 saturated carbocycles. The minimum atomic E-state index is 0.878. The second-order valence-electron chi connectivity index (χ2n) is 4.27. The molecule has 1 aromatic rings. The van der Waals surface area contributed by atoms with Gasteiger partial charge in [0.05, 0.1) is 0 Å². The molecule has 5 heteroatoms. The third-order valence-electron chi connectivity index (χ3n) is 2.97. The third kappa shape index (κ3) is 5.78. The van der Waals surface area contributed by atoms with Gasteiger partial charge in [-0.15, -0.1) is 11.8 Å². The highest BCUT2D eigenvalue weighted by molar-refractivity contribution is 7.99. The molecule has 0 radical (unpaired) electrons. The second kappa shape index (κ2) is 9.15. The minimum Gasteiger partial charge on any atom is -0.370 e. The monoisotopic (exact) mass is 282 g/mol. The summed E-state index contributed by atoms with van der Waals surface area (Å²) in [7, 11) is 0. The van der Waals surface area contributed by atoms with E-state index in [9.17, 15) is 0 Å². The van der Waals surface area contributed by atoms with Crippen LogP contribution in [-0.2, 0) is 6.42 Å². The van der Waals surface area contributed by atoms with Crippen molar-refractivity contribution in [3.05, 3.63) is 11.9 Å². The molecule has 0 amide bonds. The molecule has 0 aromatic carbocycles. The standard InChI is InChI=1S/C14H26N4S/c1-5-12-16-13(15-6-2)11-14(17-12)19-10-9-18(7-3)8-4/h11H,5-10H2,1-4H3,(H,15,16,17). The van der Waals surface area contributed by atoms with E-state index in [0.717, 1.165) is 55.0 Å². The molecule has 19 heavy (non-hydrogen) atoms. The fraction of sp³-hybridized carbons (Fsp3) is 0.714. The van der Waals surface area contributed by atoms with E-state index in [1.165, 1.54) is 0 Å². The largest absolute Gasteiger partial charge is 0.370 e. The number of nitrogens with one attached hydrogen (secondary N) is 1. The van der Waals surface area contributed by atoms with Gasteiger partial charge in [0.15, 0.2) is 0 Å². The Kier molecular flexibility index (Phi) is 7.82. The van der Waals surface area contributed by atoms with E-state index in [4.69, 9.17) is 0 Å². The summed E-state index contributed by atoms with van der Waals surface area (Å²) in [6, 6.07) is 2.05. The quantitative estimate of drug-likeness (QED) is 0.557. The highest BCUT2D eigenvalue weighted by Crippen LogP contribution is 2.19. The minimum absolute atomic E-state index is 0.878. The number of thioether (sulfide) groups is 1. The molecule has 0 unspecified atom stereocenters. The smallest absolute Gasteiger partial charge is 0.131 e. The van der Waals surface area contributed by atoms with Crippen molar-refractivity contribution in [2.75, 3.05) is 37.2 Å². The molecule has 0 fully saturated rings. The molecule has 0 spiro atoms. The molecule has 0 aliphatic rings. The van der Waals surface area contributed by atoms with Crippen LogP contribution in [0.2, 0.25) is 0 Å². The van der Waals surface area contributed by atoms with Gasteiger partial charge in [0.25, 0.3) is 0 Å². The molecule has 1 N–H and O–H groups in total. The zero-order valence-electron chi connectivity index (χ0n) is 12.6. The molecule has 0 saturated heterocycles. The number of nitrogens with zero attached hydrogens (tertiary/aromatic N) is 3. The average Bonchev–Trinajstić information content (AvgIpc) is 2.43. The first-order chi connectivity index (χ1) is 9.23. The van der Waals surface area contributed by atoms with Gasteiger partial charge in [-0.25, -0.2) is 9.97 Å². The predicted molar refractivity (Wildman–Crippen MR) is 84.1 cm³/mol. The van der Waals surface area contributed by atoms with Gasteiger partial charge in [0.2, 0.25) is 0 Å². The lowest BCUT2D eigenvalue weighted by atomic mass is 10.4. The Balaban J connectivity index is 2.58. The molecule has 1 rings (SSSR count). The van der Waals surface area contributed by atoms with Gasteiger partial charge in [-0.05, 0) is 20.0 Å². The molecule has 4 nitrogen and oxygen atoms in total. The van der Waals surface area contributed by atoms with E-state index in [0.29, 0.717) is 0 Å². The number of anilines is 1. The third-order valence-corrected chi connectivity index (χ3v) is 3.87. The van der Waals surface area contributed by atoms with Crippen molar-refractivity contribution >= 4 is 17.6 Å². The van der Waals surface area contributed by atoms with Crippen molar-refractivity contribution in [3.63, 3.8) is 0 Å². The van der Waals surface area contributed by atoms with Gasteiger partial charge in [0, 0.05) is 31.3 Å². The summed E-state index contributed by atoms with van der Waals surface area (Å²) in [5, 5.41) is 4.35. The lowest BCUT2D eigenvalue weighted by molar-refractivity contribution is 0.324. The number of hydrogen-bond acceptors (Lipinski definition) is 5. The first-order valence-electron chi connectivity index (χ1n) is 7.20. The summed E-state index contributed by atoms with van der Waals surface area (Å²) >= 11 is 1.82. The van der Waals surface area contributed by atoms with Crippen molar-refractivity contribution in [2.24, 2.45) is 0 Å². The van der Waals surface area contributed by atoms with Crippen molar-refractivity contribution in [2.45, 2.75) is 39.1 Å². The van der Waals surface area contributed by atoms with Crippen LogP contribution in [0.3, 0.4) is 0 Å². The first kappa shape index (κ1) is 16.2. The first-order valence-corrected chi connectivity index (χ1v) is 8.18. The van der Waals surface area contributed by atoms with Gasteiger partial charge in [0.1, 0.15) is 16.7 Å². The molecule has 0 bridgehead atoms. The van der Waals surface area contributed by atoms with Crippen LogP contribution in [-0.4, -0.2) is 46.8 Å². The Morgan fingerprint density at radius 1 is 1.16 bits per heavy atom. The van der Waals surface area contributed by atoms with E-state index in [1.54, 1.807) is 0 Å². The van der Waals surface area contributed by atoms with Crippen LogP contribution >= 0.6 is 11.8 Å². The van der Waals surface area contributed by atoms with Crippen molar-refractivity contribution in [3.8, 4) is 0 Å². The SMILES string of the molecule is CCNc1cc(SCCN(CC)CC)nc(CC)n1. The summed E-state index contributed by atoms with van der Waals surface area (Å²) in [6.45, 7) is 12.8. The van der Waals surface area contributed by atoms with Gasteiger partial charge in [-0.2, -0.15) is 0 Å². The van der Waals surface area contributed by atoms with Gasteiger partial charge < -0.3 is 10.2 Å². The maximum Gasteiger partial charge on any atom is 0.131 e. The molecule has 0 aliphatic carbocycles. The maximum absolute atomic E-state index is 4.58. The maximum atomic E-state index is 4.58. The zero-order chi connectivity index (χ0) is 14.1. The van der Waals surface area contributed by atoms with Gasteiger partial charge in [-0.1, -0.05) is 20.8 Å². The van der Waals surface area contributed by atoms with Gasteiger partial charge in [-0.3, -0.25) is 0 Å². The summed E-state index contributed by atoms with van der Waals surface area (Å²) < 4.78 is 0. The van der Waals surface area contributed by atoms with Crippen LogP contribution in [0.1, 0.15) is 33.5 Å². The Hall–Kier alpha value is -0.810. The fourth-order valence-corrected chi connectivity index (χ4v) is 2.72. The lowest BCUT2D eigenvalue weighted by Gasteiger charge is -2.17. The molecular formula is C14H26N4S. The number of hydrogen-bond donors (Lipinski definition) is 1. The van der Waals surface area contributed by atoms with E-state index in [1.807, 2.05) is 11.8 Å². The molecular weight excluding hydrogens is 256 g/mol. The van der Waals surface area contributed by atoms with Crippen molar-refractivity contribution in [1.29, 1.82) is 0 Å². The highest BCUT2D eigenvalue weighted by atomic mass is 32.2. The molecule has 1 aromatic heterocycles. The van der Waals surface area contributed by atoms with Crippen LogP contribution < -0.4 is 5.32 Å². The second-order valence-corrected chi connectivity index (χ2v) is 5.38. The summed E-state index contributed by atoms with van der Waals surface area (Å²) in [4.78, 5) is 11.5. The number of aromatic nitrogens is 2. The molecule has 0 aliphatic heterocycles. The van der Waals surface area contributed by atoms with Crippen LogP contribution in [0, 0.1) is 0 Å². The Morgan fingerprint density at radius 2 is 1.89 bits per heavy atom. The van der Waals surface area contributed by atoms with E-state index in [2.05, 4.69) is 53.9 Å². The van der Waals surface area contributed by atoms with Gasteiger partial charge >= 0.3 is 0 Å². The van der Waals surface area contributed by atoms with Crippen LogP contribution in [0.5, 0.6) is 0 Å². The van der Waals surface area contributed by atoms with Crippen molar-refractivity contribution < 1.29 is 0 Å². The van der Waals surface area contributed by atoms with Crippen LogP contribution in [0.4, 0.5) is 5.82 Å². The lowest BCUT2D eigenvalue weighted by Crippen LogP contribution is -2.25. The molecule has 1 heterocycles. The number of aryl methyl sites for hydroxylation is 1. The van der Waals surface area contributed by atoms with Crippen molar-refractivity contribution in [1.82, 2.24) is 14.9 Å². The predicted octanol–water partition coefficient (Wildman–Crippen LogP) is 2.90. The average molecular weight is 282 g/mol. The zero-order valence-corrected chi connectivity index (χ0v) is 13.4.